The van der Waals surface area contributed by atoms with Crippen molar-refractivity contribution in [2.75, 3.05) is 12.4 Å². The normalized spacial score (nSPS) is 11.9. The van der Waals surface area contributed by atoms with Gasteiger partial charge in [0.25, 0.3) is 10.1 Å². The van der Waals surface area contributed by atoms with Crippen molar-refractivity contribution in [1.82, 2.24) is 0 Å². The van der Waals surface area contributed by atoms with E-state index in [9.17, 15) is 8.42 Å². The van der Waals surface area contributed by atoms with Crippen molar-refractivity contribution in [2.45, 2.75) is 65.2 Å². The van der Waals surface area contributed by atoms with Gasteiger partial charge in [-0.25, -0.2) is 0 Å². The Morgan fingerprint density at radius 2 is 1.38 bits per heavy atom. The highest BCUT2D eigenvalue weighted by molar-refractivity contribution is 7.86. The standard InChI is InChI=1S/C12H26O3S/c1-3-5-7-8-10-12-16(13,14)15-11-9-6-4-2/h3-12H2,1-2H3. The first-order chi connectivity index (χ1) is 7.62. The highest BCUT2D eigenvalue weighted by atomic mass is 32.2. The van der Waals surface area contributed by atoms with Gasteiger partial charge >= 0.3 is 0 Å². The van der Waals surface area contributed by atoms with Gasteiger partial charge in [-0.2, -0.15) is 8.42 Å². The van der Waals surface area contributed by atoms with Crippen LogP contribution in [0, 0.1) is 0 Å². The summed E-state index contributed by atoms with van der Waals surface area (Å²) in [6, 6.07) is 0. The molecule has 0 heterocycles. The van der Waals surface area contributed by atoms with Crippen molar-refractivity contribution in [2.24, 2.45) is 0 Å². The molecule has 0 rings (SSSR count). The fourth-order valence-electron chi connectivity index (χ4n) is 1.48. The van der Waals surface area contributed by atoms with Gasteiger partial charge in [-0.05, 0) is 12.8 Å². The molecule has 0 aliphatic rings. The molecule has 0 aromatic carbocycles. The monoisotopic (exact) mass is 250 g/mol. The third kappa shape index (κ3) is 10.4. The smallest absolute Gasteiger partial charge is 0.267 e. The Morgan fingerprint density at radius 3 is 2.00 bits per heavy atom. The second-order valence-electron chi connectivity index (χ2n) is 4.21. The quantitative estimate of drug-likeness (QED) is 0.416. The molecule has 0 saturated carbocycles. The van der Waals surface area contributed by atoms with E-state index in [0.29, 0.717) is 6.61 Å². The van der Waals surface area contributed by atoms with E-state index in [4.69, 9.17) is 4.18 Å². The van der Waals surface area contributed by atoms with Gasteiger partial charge in [0.1, 0.15) is 0 Å². The highest BCUT2D eigenvalue weighted by Gasteiger charge is 2.09. The lowest BCUT2D eigenvalue weighted by atomic mass is 10.2. The molecule has 0 amide bonds. The average molecular weight is 250 g/mol. The van der Waals surface area contributed by atoms with Crippen molar-refractivity contribution in [1.29, 1.82) is 0 Å². The van der Waals surface area contributed by atoms with Crippen LogP contribution in [0.4, 0.5) is 0 Å². The molecular formula is C12H26O3S. The summed E-state index contributed by atoms with van der Waals surface area (Å²) in [6.07, 6.45) is 8.18. The largest absolute Gasteiger partial charge is 0.270 e. The first-order valence-corrected chi connectivity index (χ1v) is 8.07. The molecule has 0 unspecified atom stereocenters. The number of unbranched alkanes of at least 4 members (excludes halogenated alkanes) is 6. The molecule has 0 spiro atoms. The topological polar surface area (TPSA) is 43.4 Å². The number of hydrogen-bond donors (Lipinski definition) is 0. The highest BCUT2D eigenvalue weighted by Crippen LogP contribution is 2.06. The molecule has 0 radical (unpaired) electrons. The van der Waals surface area contributed by atoms with E-state index in [2.05, 4.69) is 13.8 Å². The van der Waals surface area contributed by atoms with Gasteiger partial charge in [-0.3, -0.25) is 4.18 Å². The van der Waals surface area contributed by atoms with E-state index in [1.165, 1.54) is 12.8 Å². The zero-order chi connectivity index (χ0) is 12.3. The Balaban J connectivity index is 3.47. The van der Waals surface area contributed by atoms with Crippen LogP contribution < -0.4 is 0 Å². The van der Waals surface area contributed by atoms with E-state index in [1.54, 1.807) is 0 Å². The summed E-state index contributed by atoms with van der Waals surface area (Å²) >= 11 is 0. The maximum atomic E-state index is 11.4. The number of rotatable bonds is 11. The van der Waals surface area contributed by atoms with Crippen LogP contribution in [0.5, 0.6) is 0 Å². The Hall–Kier alpha value is -0.0900. The van der Waals surface area contributed by atoms with Crippen LogP contribution in [0.3, 0.4) is 0 Å². The van der Waals surface area contributed by atoms with Gasteiger partial charge in [0.05, 0.1) is 12.4 Å². The molecule has 3 nitrogen and oxygen atoms in total. The fraction of sp³-hybridized carbons (Fsp3) is 1.00. The summed E-state index contributed by atoms with van der Waals surface area (Å²) in [5.74, 6) is 0.183. The summed E-state index contributed by atoms with van der Waals surface area (Å²) in [7, 11) is -3.25. The molecule has 16 heavy (non-hydrogen) atoms. The molecule has 0 bridgehead atoms. The molecule has 0 saturated heterocycles. The Kier molecular flexibility index (Phi) is 10.0. The summed E-state index contributed by atoms with van der Waals surface area (Å²) < 4.78 is 27.7. The van der Waals surface area contributed by atoms with E-state index in [1.807, 2.05) is 0 Å². The summed E-state index contributed by atoms with van der Waals surface area (Å²) in [4.78, 5) is 0. The predicted molar refractivity (Wildman–Crippen MR) is 68.0 cm³/mol. The van der Waals surface area contributed by atoms with Gasteiger partial charge < -0.3 is 0 Å². The first-order valence-electron chi connectivity index (χ1n) is 6.49. The van der Waals surface area contributed by atoms with E-state index < -0.39 is 10.1 Å². The minimum Gasteiger partial charge on any atom is -0.270 e. The third-order valence-electron chi connectivity index (χ3n) is 2.51. The molecule has 0 aromatic rings. The van der Waals surface area contributed by atoms with Crippen molar-refractivity contribution in [3.8, 4) is 0 Å². The fourth-order valence-corrected chi connectivity index (χ4v) is 2.53. The van der Waals surface area contributed by atoms with Crippen LogP contribution in [-0.4, -0.2) is 20.8 Å². The lowest BCUT2D eigenvalue weighted by molar-refractivity contribution is 0.307. The lowest BCUT2D eigenvalue weighted by Gasteiger charge is -2.05. The SMILES string of the molecule is CCCCCCCS(=O)(=O)OCCCCC. The second kappa shape index (κ2) is 10.1. The average Bonchev–Trinajstić information content (AvgIpc) is 2.24. The molecule has 0 fully saturated rings. The maximum Gasteiger partial charge on any atom is 0.267 e. The molecule has 4 heteroatoms. The van der Waals surface area contributed by atoms with Crippen molar-refractivity contribution in [3.05, 3.63) is 0 Å². The minimum atomic E-state index is -3.25. The second-order valence-corrected chi connectivity index (χ2v) is 5.96. The van der Waals surface area contributed by atoms with Crippen molar-refractivity contribution >= 4 is 10.1 Å². The van der Waals surface area contributed by atoms with Crippen LogP contribution in [0.25, 0.3) is 0 Å². The van der Waals surface area contributed by atoms with Gasteiger partial charge in [0.15, 0.2) is 0 Å². The van der Waals surface area contributed by atoms with E-state index >= 15 is 0 Å². The molecule has 0 aliphatic heterocycles. The Bertz CT molecular complexity index is 235. The lowest BCUT2D eigenvalue weighted by Crippen LogP contribution is -2.11. The van der Waals surface area contributed by atoms with Crippen LogP contribution in [-0.2, 0) is 14.3 Å². The summed E-state index contributed by atoms with van der Waals surface area (Å²) in [5, 5.41) is 0. The Morgan fingerprint density at radius 1 is 0.812 bits per heavy atom. The molecular weight excluding hydrogens is 224 g/mol. The van der Waals surface area contributed by atoms with Crippen LogP contribution in [0.2, 0.25) is 0 Å². The van der Waals surface area contributed by atoms with Gasteiger partial charge in [-0.15, -0.1) is 0 Å². The third-order valence-corrected chi connectivity index (χ3v) is 3.82. The van der Waals surface area contributed by atoms with Gasteiger partial charge in [0, 0.05) is 0 Å². The van der Waals surface area contributed by atoms with E-state index in [-0.39, 0.29) is 5.75 Å². The summed E-state index contributed by atoms with van der Waals surface area (Å²) in [6.45, 7) is 4.58. The van der Waals surface area contributed by atoms with Gasteiger partial charge in [-0.1, -0.05) is 52.4 Å². The van der Waals surface area contributed by atoms with Crippen LogP contribution >= 0.6 is 0 Å². The van der Waals surface area contributed by atoms with Gasteiger partial charge in [0.2, 0.25) is 0 Å². The molecule has 98 valence electrons. The number of hydrogen-bond acceptors (Lipinski definition) is 3. The van der Waals surface area contributed by atoms with Crippen molar-refractivity contribution in [3.63, 3.8) is 0 Å². The van der Waals surface area contributed by atoms with Crippen LogP contribution in [0.15, 0.2) is 0 Å². The molecule has 0 N–H and O–H groups in total. The zero-order valence-corrected chi connectivity index (χ0v) is 11.5. The van der Waals surface area contributed by atoms with Crippen molar-refractivity contribution < 1.29 is 12.6 Å². The van der Waals surface area contributed by atoms with Crippen LogP contribution in [0.1, 0.15) is 65.2 Å². The maximum absolute atomic E-state index is 11.4. The molecule has 0 aromatic heterocycles. The molecule has 0 aliphatic carbocycles. The molecule has 0 atom stereocenters. The predicted octanol–water partition coefficient (Wildman–Crippen LogP) is 3.49. The minimum absolute atomic E-state index is 0.183. The summed E-state index contributed by atoms with van der Waals surface area (Å²) in [5.41, 5.74) is 0. The first kappa shape index (κ1) is 15.9. The Labute approximate surface area is 101 Å². The van der Waals surface area contributed by atoms with E-state index in [0.717, 1.165) is 38.5 Å². The zero-order valence-electron chi connectivity index (χ0n) is 10.7.